The van der Waals surface area contributed by atoms with Crippen LogP contribution in [-0.4, -0.2) is 17.1 Å². The van der Waals surface area contributed by atoms with Crippen LogP contribution in [0.1, 0.15) is 0 Å². The normalized spacial score (nSPS) is 11.1. The standard InChI is InChI=1S/C7H4ClF3N2O/c8-4-2-1-3-5(12-4)13-6(14)7(9,10)11/h1-3H,(H,12,13,14). The van der Waals surface area contributed by atoms with E-state index in [1.54, 1.807) is 5.32 Å². The number of carbonyl (C=O) groups is 1. The van der Waals surface area contributed by atoms with Crippen LogP contribution in [0.4, 0.5) is 19.0 Å². The molecule has 7 heteroatoms. The van der Waals surface area contributed by atoms with E-state index in [1.165, 1.54) is 18.2 Å². The van der Waals surface area contributed by atoms with E-state index in [4.69, 9.17) is 11.6 Å². The van der Waals surface area contributed by atoms with E-state index in [2.05, 4.69) is 4.98 Å². The Hall–Kier alpha value is -1.30. The molecule has 1 N–H and O–H groups in total. The van der Waals surface area contributed by atoms with E-state index in [-0.39, 0.29) is 11.0 Å². The van der Waals surface area contributed by atoms with E-state index in [1.807, 2.05) is 0 Å². The van der Waals surface area contributed by atoms with Crippen LogP contribution in [-0.2, 0) is 4.79 Å². The van der Waals surface area contributed by atoms with Gasteiger partial charge in [0.15, 0.2) is 0 Å². The summed E-state index contributed by atoms with van der Waals surface area (Å²) >= 11 is 5.40. The van der Waals surface area contributed by atoms with Crippen molar-refractivity contribution >= 4 is 23.3 Å². The fraction of sp³-hybridized carbons (Fsp3) is 0.143. The SMILES string of the molecule is O=C(Nc1cccc(Cl)n1)C(F)(F)F. The van der Waals surface area contributed by atoms with Crippen molar-refractivity contribution in [1.29, 1.82) is 0 Å². The van der Waals surface area contributed by atoms with Gasteiger partial charge in [-0.3, -0.25) is 4.79 Å². The lowest BCUT2D eigenvalue weighted by Crippen LogP contribution is -2.30. The van der Waals surface area contributed by atoms with Crippen LogP contribution in [0, 0.1) is 0 Å². The van der Waals surface area contributed by atoms with Crippen molar-refractivity contribution in [3.63, 3.8) is 0 Å². The second kappa shape index (κ2) is 3.83. The van der Waals surface area contributed by atoms with Gasteiger partial charge in [-0.15, -0.1) is 0 Å². The van der Waals surface area contributed by atoms with Crippen molar-refractivity contribution in [3.05, 3.63) is 23.4 Å². The zero-order chi connectivity index (χ0) is 10.8. The van der Waals surface area contributed by atoms with Gasteiger partial charge in [0.2, 0.25) is 0 Å². The summed E-state index contributed by atoms with van der Waals surface area (Å²) in [4.78, 5) is 13.9. The van der Waals surface area contributed by atoms with Crippen molar-refractivity contribution in [2.45, 2.75) is 6.18 Å². The first-order chi connectivity index (χ1) is 6.39. The minimum Gasteiger partial charge on any atom is -0.303 e. The Bertz CT molecular complexity index is 353. The number of pyridine rings is 1. The van der Waals surface area contributed by atoms with E-state index < -0.39 is 12.1 Å². The maximum atomic E-state index is 11.8. The monoisotopic (exact) mass is 224 g/mol. The Morgan fingerprint density at radius 2 is 2.07 bits per heavy atom. The highest BCUT2D eigenvalue weighted by molar-refractivity contribution is 6.29. The first-order valence-electron chi connectivity index (χ1n) is 3.40. The predicted octanol–water partition coefficient (Wildman–Crippen LogP) is 2.24. The van der Waals surface area contributed by atoms with Crippen LogP contribution in [0.3, 0.4) is 0 Å². The second-order valence-corrected chi connectivity index (χ2v) is 2.68. The zero-order valence-corrected chi connectivity index (χ0v) is 7.36. The summed E-state index contributed by atoms with van der Waals surface area (Å²) in [6, 6.07) is 3.96. The lowest BCUT2D eigenvalue weighted by Gasteiger charge is -2.06. The molecule has 1 heterocycles. The van der Waals surface area contributed by atoms with Crippen molar-refractivity contribution in [3.8, 4) is 0 Å². The first kappa shape index (κ1) is 10.8. The number of hydrogen-bond acceptors (Lipinski definition) is 2. The molecule has 76 valence electrons. The Kier molecular flexibility index (Phi) is 2.95. The molecule has 1 rings (SSSR count). The Morgan fingerprint density at radius 3 is 2.57 bits per heavy atom. The lowest BCUT2D eigenvalue weighted by molar-refractivity contribution is -0.167. The molecule has 0 aliphatic heterocycles. The van der Waals surface area contributed by atoms with Crippen LogP contribution in [0.2, 0.25) is 5.15 Å². The number of nitrogens with one attached hydrogen (secondary N) is 1. The molecule has 1 aromatic rings. The van der Waals surface area contributed by atoms with Crippen molar-refractivity contribution in [2.75, 3.05) is 5.32 Å². The Balaban J connectivity index is 2.75. The van der Waals surface area contributed by atoms with Gasteiger partial charge in [0, 0.05) is 0 Å². The summed E-state index contributed by atoms with van der Waals surface area (Å²) in [6.07, 6.45) is -4.93. The summed E-state index contributed by atoms with van der Waals surface area (Å²) in [7, 11) is 0. The topological polar surface area (TPSA) is 42.0 Å². The number of amides is 1. The van der Waals surface area contributed by atoms with Gasteiger partial charge in [0.25, 0.3) is 0 Å². The van der Waals surface area contributed by atoms with Crippen molar-refractivity contribution in [1.82, 2.24) is 4.98 Å². The summed E-state index contributed by atoms with van der Waals surface area (Å²) in [5.41, 5.74) is 0. The highest BCUT2D eigenvalue weighted by Crippen LogP contribution is 2.17. The van der Waals surface area contributed by atoms with Gasteiger partial charge < -0.3 is 5.32 Å². The van der Waals surface area contributed by atoms with Crippen molar-refractivity contribution < 1.29 is 18.0 Å². The smallest absolute Gasteiger partial charge is 0.303 e. The molecule has 14 heavy (non-hydrogen) atoms. The molecule has 0 aromatic carbocycles. The lowest BCUT2D eigenvalue weighted by atomic mass is 10.4. The molecule has 0 bridgehead atoms. The average molecular weight is 225 g/mol. The van der Waals surface area contributed by atoms with Crippen LogP contribution in [0.25, 0.3) is 0 Å². The highest BCUT2D eigenvalue weighted by atomic mass is 35.5. The van der Waals surface area contributed by atoms with E-state index >= 15 is 0 Å². The Morgan fingerprint density at radius 1 is 1.43 bits per heavy atom. The summed E-state index contributed by atoms with van der Waals surface area (Å²) in [6.45, 7) is 0. The molecular weight excluding hydrogens is 221 g/mol. The summed E-state index contributed by atoms with van der Waals surface area (Å²) in [5, 5.41) is 1.57. The second-order valence-electron chi connectivity index (χ2n) is 2.30. The molecule has 1 amide bonds. The Labute approximate surface area is 81.9 Å². The van der Waals surface area contributed by atoms with Crippen molar-refractivity contribution in [2.24, 2.45) is 0 Å². The molecule has 0 aliphatic carbocycles. The molecule has 0 saturated heterocycles. The maximum Gasteiger partial charge on any atom is 0.471 e. The quantitative estimate of drug-likeness (QED) is 0.744. The number of nitrogens with zero attached hydrogens (tertiary/aromatic N) is 1. The molecule has 0 aliphatic rings. The van der Waals surface area contributed by atoms with Gasteiger partial charge in [0.1, 0.15) is 11.0 Å². The molecule has 0 saturated carbocycles. The van der Waals surface area contributed by atoms with E-state index in [9.17, 15) is 18.0 Å². The largest absolute Gasteiger partial charge is 0.471 e. The molecule has 0 fully saturated rings. The fourth-order valence-corrected chi connectivity index (χ4v) is 0.829. The van der Waals surface area contributed by atoms with Crippen LogP contribution in [0.15, 0.2) is 18.2 Å². The average Bonchev–Trinajstić information content (AvgIpc) is 2.02. The van der Waals surface area contributed by atoms with Gasteiger partial charge >= 0.3 is 12.1 Å². The third-order valence-corrected chi connectivity index (χ3v) is 1.42. The minimum atomic E-state index is -4.93. The number of rotatable bonds is 1. The molecular formula is C7H4ClF3N2O. The molecule has 1 aromatic heterocycles. The predicted molar refractivity (Wildman–Crippen MR) is 43.9 cm³/mol. The number of anilines is 1. The van der Waals surface area contributed by atoms with Gasteiger partial charge in [-0.2, -0.15) is 13.2 Å². The highest BCUT2D eigenvalue weighted by Gasteiger charge is 2.38. The molecule has 0 radical (unpaired) electrons. The third kappa shape index (κ3) is 2.88. The third-order valence-electron chi connectivity index (χ3n) is 1.21. The van der Waals surface area contributed by atoms with Gasteiger partial charge in [0.05, 0.1) is 0 Å². The van der Waals surface area contributed by atoms with Crippen LogP contribution in [0.5, 0.6) is 0 Å². The first-order valence-corrected chi connectivity index (χ1v) is 3.78. The van der Waals surface area contributed by atoms with E-state index in [0.717, 1.165) is 0 Å². The number of hydrogen-bond donors (Lipinski definition) is 1. The molecule has 0 spiro atoms. The fourth-order valence-electron chi connectivity index (χ4n) is 0.665. The van der Waals surface area contributed by atoms with Crippen LogP contribution < -0.4 is 5.32 Å². The molecule has 0 atom stereocenters. The van der Waals surface area contributed by atoms with Gasteiger partial charge in [-0.1, -0.05) is 17.7 Å². The number of alkyl halides is 3. The molecule has 0 unspecified atom stereocenters. The van der Waals surface area contributed by atoms with Gasteiger partial charge in [-0.25, -0.2) is 4.98 Å². The summed E-state index contributed by atoms with van der Waals surface area (Å²) < 4.78 is 35.3. The van der Waals surface area contributed by atoms with Gasteiger partial charge in [-0.05, 0) is 12.1 Å². The number of halogens is 4. The van der Waals surface area contributed by atoms with Crippen LogP contribution >= 0.6 is 11.6 Å². The number of carbonyl (C=O) groups excluding carboxylic acids is 1. The zero-order valence-electron chi connectivity index (χ0n) is 6.60. The maximum absolute atomic E-state index is 11.8. The molecule has 3 nitrogen and oxygen atoms in total. The van der Waals surface area contributed by atoms with E-state index in [0.29, 0.717) is 0 Å². The number of aromatic nitrogens is 1. The summed E-state index contributed by atoms with van der Waals surface area (Å²) in [5.74, 6) is -2.31. The minimum absolute atomic E-state index is 0.00461.